The summed E-state index contributed by atoms with van der Waals surface area (Å²) in [5.74, 6) is 0.916. The van der Waals surface area contributed by atoms with Crippen LogP contribution in [-0.4, -0.2) is 54.8 Å². The van der Waals surface area contributed by atoms with Gasteiger partial charge in [-0.05, 0) is 6.92 Å². The van der Waals surface area contributed by atoms with Crippen molar-refractivity contribution in [2.75, 3.05) is 43.5 Å². The normalized spacial score (nSPS) is 25.4. The second kappa shape index (κ2) is 5.15. The fraction of sp³-hybridized carbons (Fsp3) is 0.615. The molecule has 0 aromatic carbocycles. The predicted molar refractivity (Wildman–Crippen MR) is 76.6 cm³/mol. The average molecular weight is 283 g/mol. The van der Waals surface area contributed by atoms with Gasteiger partial charge in [-0.2, -0.15) is 0 Å². The number of nitrogens with two attached hydrogens (primary N) is 1. The highest BCUT2D eigenvalue weighted by Gasteiger charge is 2.32. The molecule has 3 heterocycles. The van der Waals surface area contributed by atoms with Crippen molar-refractivity contribution < 1.29 is 4.74 Å². The SMILES string of the molecule is C[C@H]1CN(C2COC2)CCN1c1cc(N)c(Cl)cn1. The Kier molecular flexibility index (Phi) is 3.52. The lowest BCUT2D eigenvalue weighted by Gasteiger charge is -2.46. The van der Waals surface area contributed by atoms with Gasteiger partial charge in [-0.25, -0.2) is 4.98 Å². The molecule has 1 aromatic heterocycles. The first-order valence-electron chi connectivity index (χ1n) is 6.64. The van der Waals surface area contributed by atoms with Crippen LogP contribution >= 0.6 is 11.6 Å². The molecule has 3 rings (SSSR count). The zero-order valence-electron chi connectivity index (χ0n) is 11.1. The number of pyridine rings is 1. The van der Waals surface area contributed by atoms with Crippen molar-refractivity contribution >= 4 is 23.1 Å². The lowest BCUT2D eigenvalue weighted by Crippen LogP contribution is -2.59. The van der Waals surface area contributed by atoms with E-state index in [-0.39, 0.29) is 0 Å². The standard InChI is InChI=1S/C13H19ClN4O/c1-9-6-17(10-7-19-8-10)2-3-18(9)13-4-12(15)11(14)5-16-13/h4-5,9-10H,2-3,6-8H2,1H3,(H2,15,16)/t9-/m0/s1. The van der Waals surface area contributed by atoms with Gasteiger partial charge in [-0.1, -0.05) is 11.6 Å². The molecule has 6 heteroatoms. The minimum absolute atomic E-state index is 0.419. The van der Waals surface area contributed by atoms with Crippen LogP contribution in [0.5, 0.6) is 0 Å². The highest BCUT2D eigenvalue weighted by Crippen LogP contribution is 2.26. The lowest BCUT2D eigenvalue weighted by atomic mass is 10.1. The summed E-state index contributed by atoms with van der Waals surface area (Å²) >= 11 is 5.92. The van der Waals surface area contributed by atoms with Crippen molar-refractivity contribution in [3.8, 4) is 0 Å². The average Bonchev–Trinajstić information content (AvgIpc) is 2.31. The van der Waals surface area contributed by atoms with E-state index in [2.05, 4.69) is 21.7 Å². The van der Waals surface area contributed by atoms with E-state index >= 15 is 0 Å². The first-order chi connectivity index (χ1) is 9.15. The molecule has 2 aliphatic rings. The summed E-state index contributed by atoms with van der Waals surface area (Å²) in [4.78, 5) is 9.19. The molecule has 0 spiro atoms. The highest BCUT2D eigenvalue weighted by molar-refractivity contribution is 6.32. The van der Waals surface area contributed by atoms with Gasteiger partial charge in [0.05, 0.1) is 30.0 Å². The topological polar surface area (TPSA) is 54.6 Å². The van der Waals surface area contributed by atoms with E-state index in [9.17, 15) is 0 Å². The summed E-state index contributed by atoms with van der Waals surface area (Å²) in [5.41, 5.74) is 6.44. The van der Waals surface area contributed by atoms with Crippen LogP contribution in [-0.2, 0) is 4.74 Å². The Morgan fingerprint density at radius 1 is 1.42 bits per heavy atom. The van der Waals surface area contributed by atoms with E-state index < -0.39 is 0 Å². The molecule has 0 aliphatic carbocycles. The van der Waals surface area contributed by atoms with Gasteiger partial charge in [0.2, 0.25) is 0 Å². The van der Waals surface area contributed by atoms with Gasteiger partial charge in [0.1, 0.15) is 5.82 Å². The van der Waals surface area contributed by atoms with Crippen LogP contribution in [0.4, 0.5) is 11.5 Å². The maximum absolute atomic E-state index is 5.92. The number of hydrogen-bond donors (Lipinski definition) is 1. The Bertz CT molecular complexity index is 466. The number of nitrogens with zero attached hydrogens (tertiary/aromatic N) is 3. The minimum Gasteiger partial charge on any atom is -0.397 e. The summed E-state index contributed by atoms with van der Waals surface area (Å²) in [7, 11) is 0. The third kappa shape index (κ3) is 2.50. The first kappa shape index (κ1) is 13.0. The van der Waals surface area contributed by atoms with Crippen LogP contribution in [0.3, 0.4) is 0 Å². The predicted octanol–water partition coefficient (Wildman–Crippen LogP) is 1.23. The van der Waals surface area contributed by atoms with Crippen LogP contribution in [0.25, 0.3) is 0 Å². The number of halogens is 1. The zero-order chi connectivity index (χ0) is 13.4. The van der Waals surface area contributed by atoms with Crippen molar-refractivity contribution in [1.82, 2.24) is 9.88 Å². The number of rotatable bonds is 2. The Hall–Kier alpha value is -1.04. The molecule has 2 fully saturated rings. The number of anilines is 2. The van der Waals surface area contributed by atoms with E-state index in [1.165, 1.54) is 0 Å². The van der Waals surface area contributed by atoms with Crippen LogP contribution < -0.4 is 10.6 Å². The molecule has 19 heavy (non-hydrogen) atoms. The Morgan fingerprint density at radius 3 is 2.79 bits per heavy atom. The summed E-state index contributed by atoms with van der Waals surface area (Å²) in [6.45, 7) is 7.02. The zero-order valence-corrected chi connectivity index (χ0v) is 11.8. The molecule has 2 saturated heterocycles. The molecule has 1 atom stereocenters. The highest BCUT2D eigenvalue weighted by atomic mass is 35.5. The molecule has 0 unspecified atom stereocenters. The molecule has 1 aromatic rings. The summed E-state index contributed by atoms with van der Waals surface area (Å²) in [5, 5.41) is 0.515. The molecule has 2 aliphatic heterocycles. The molecule has 2 N–H and O–H groups in total. The van der Waals surface area contributed by atoms with Crippen molar-refractivity contribution in [1.29, 1.82) is 0 Å². The van der Waals surface area contributed by atoms with Gasteiger partial charge in [0.15, 0.2) is 0 Å². The maximum Gasteiger partial charge on any atom is 0.130 e. The largest absolute Gasteiger partial charge is 0.397 e. The molecule has 5 nitrogen and oxygen atoms in total. The number of hydrogen-bond acceptors (Lipinski definition) is 5. The van der Waals surface area contributed by atoms with E-state index in [1.54, 1.807) is 6.20 Å². The van der Waals surface area contributed by atoms with Gasteiger partial charge >= 0.3 is 0 Å². The molecular formula is C13H19ClN4O. The van der Waals surface area contributed by atoms with Crippen molar-refractivity contribution in [3.63, 3.8) is 0 Å². The molecule has 0 radical (unpaired) electrons. The van der Waals surface area contributed by atoms with Gasteiger partial charge < -0.3 is 15.4 Å². The summed E-state index contributed by atoms with van der Waals surface area (Å²) in [6.07, 6.45) is 1.63. The van der Waals surface area contributed by atoms with Crippen LogP contribution in [0.15, 0.2) is 12.3 Å². The van der Waals surface area contributed by atoms with Crippen molar-refractivity contribution in [3.05, 3.63) is 17.3 Å². The number of piperazine rings is 1. The third-order valence-corrected chi connectivity index (χ3v) is 4.28. The van der Waals surface area contributed by atoms with Crippen LogP contribution in [0.2, 0.25) is 5.02 Å². The fourth-order valence-electron chi connectivity index (χ4n) is 2.69. The van der Waals surface area contributed by atoms with Gasteiger partial charge in [0, 0.05) is 37.9 Å². The molecule has 0 amide bonds. The molecule has 0 saturated carbocycles. The lowest BCUT2D eigenvalue weighted by molar-refractivity contribution is -0.0692. The first-order valence-corrected chi connectivity index (χ1v) is 7.02. The van der Waals surface area contributed by atoms with E-state index in [1.807, 2.05) is 6.07 Å². The van der Waals surface area contributed by atoms with Crippen LogP contribution in [0.1, 0.15) is 6.92 Å². The molecule has 0 bridgehead atoms. The smallest absolute Gasteiger partial charge is 0.130 e. The number of nitrogen functional groups attached to an aromatic ring is 1. The number of ether oxygens (including phenoxy) is 1. The van der Waals surface area contributed by atoms with Gasteiger partial charge in [-0.15, -0.1) is 0 Å². The third-order valence-electron chi connectivity index (χ3n) is 3.96. The Morgan fingerprint density at radius 2 is 2.21 bits per heavy atom. The summed E-state index contributed by atoms with van der Waals surface area (Å²) in [6, 6.07) is 2.89. The van der Waals surface area contributed by atoms with Gasteiger partial charge in [-0.3, -0.25) is 4.90 Å². The van der Waals surface area contributed by atoms with Crippen LogP contribution in [0, 0.1) is 0 Å². The Labute approximate surface area is 118 Å². The minimum atomic E-state index is 0.419. The second-order valence-corrected chi connectivity index (χ2v) is 5.70. The fourth-order valence-corrected chi connectivity index (χ4v) is 2.79. The number of aromatic nitrogens is 1. The maximum atomic E-state index is 5.92. The Balaban J connectivity index is 1.70. The van der Waals surface area contributed by atoms with Gasteiger partial charge in [0.25, 0.3) is 0 Å². The van der Waals surface area contributed by atoms with E-state index in [4.69, 9.17) is 22.1 Å². The molecule has 104 valence electrons. The van der Waals surface area contributed by atoms with E-state index in [0.29, 0.717) is 22.8 Å². The monoisotopic (exact) mass is 282 g/mol. The second-order valence-electron chi connectivity index (χ2n) is 5.29. The van der Waals surface area contributed by atoms with Crippen molar-refractivity contribution in [2.24, 2.45) is 0 Å². The summed E-state index contributed by atoms with van der Waals surface area (Å²) < 4.78 is 5.26. The van der Waals surface area contributed by atoms with E-state index in [0.717, 1.165) is 38.7 Å². The molecular weight excluding hydrogens is 264 g/mol. The quantitative estimate of drug-likeness (QED) is 0.884. The van der Waals surface area contributed by atoms with Crippen molar-refractivity contribution in [2.45, 2.75) is 19.0 Å².